The largest absolute Gasteiger partial charge is 0.462 e. The quantitative estimate of drug-likeness (QED) is 0.0263. The van der Waals surface area contributed by atoms with Gasteiger partial charge in [0.05, 0.1) is 0 Å². The van der Waals surface area contributed by atoms with Gasteiger partial charge in [0.1, 0.15) is 13.2 Å². The minimum atomic E-state index is -0.773. The molecule has 0 aromatic heterocycles. The Hall–Kier alpha value is -2.37. The summed E-state index contributed by atoms with van der Waals surface area (Å²) in [4.78, 5) is 37.8. The first-order valence-electron chi connectivity index (χ1n) is 26.0. The van der Waals surface area contributed by atoms with Gasteiger partial charge >= 0.3 is 17.9 Å². The molecule has 0 aliphatic heterocycles. The van der Waals surface area contributed by atoms with Gasteiger partial charge in [-0.25, -0.2) is 0 Å². The second kappa shape index (κ2) is 49.3. The van der Waals surface area contributed by atoms with Gasteiger partial charge in [-0.1, -0.05) is 211 Å². The van der Waals surface area contributed by atoms with Crippen LogP contribution in [0.1, 0.15) is 271 Å². The van der Waals surface area contributed by atoms with Crippen LogP contribution in [0.5, 0.6) is 0 Å². The number of esters is 3. The lowest BCUT2D eigenvalue weighted by Crippen LogP contribution is -2.30. The summed E-state index contributed by atoms with van der Waals surface area (Å²) in [6.45, 7) is 6.59. The van der Waals surface area contributed by atoms with Gasteiger partial charge in [-0.05, 0) is 77.0 Å². The highest BCUT2D eigenvalue weighted by molar-refractivity contribution is 5.71. The molecule has 6 heteroatoms. The SMILES string of the molecule is CCCCCC/C=C\CCCCCCCC(=O)OC(COC(=O)CCCCCCCCCC)COC(=O)CCCCCCCCCCC/C=C\C/C=C\CCCCCCC. The van der Waals surface area contributed by atoms with Crippen LogP contribution in [0.4, 0.5) is 0 Å². The molecule has 0 rings (SSSR count). The van der Waals surface area contributed by atoms with Crippen molar-refractivity contribution < 1.29 is 28.6 Å². The molecule has 60 heavy (non-hydrogen) atoms. The Morgan fingerprint density at radius 3 is 0.950 bits per heavy atom. The topological polar surface area (TPSA) is 78.9 Å². The first kappa shape index (κ1) is 57.6. The lowest BCUT2D eigenvalue weighted by molar-refractivity contribution is -0.167. The molecule has 0 saturated heterocycles. The molecule has 350 valence electrons. The average Bonchev–Trinajstić information content (AvgIpc) is 3.24. The smallest absolute Gasteiger partial charge is 0.306 e. The predicted molar refractivity (Wildman–Crippen MR) is 256 cm³/mol. The highest BCUT2D eigenvalue weighted by Gasteiger charge is 2.19. The zero-order valence-electron chi connectivity index (χ0n) is 40.0. The molecular weight excluding hydrogens is 745 g/mol. The van der Waals surface area contributed by atoms with Gasteiger partial charge in [0, 0.05) is 19.3 Å². The van der Waals surface area contributed by atoms with E-state index in [1.54, 1.807) is 0 Å². The van der Waals surface area contributed by atoms with Crippen LogP contribution in [0.3, 0.4) is 0 Å². The van der Waals surface area contributed by atoms with Gasteiger partial charge in [0.15, 0.2) is 6.10 Å². The third kappa shape index (κ3) is 46.7. The van der Waals surface area contributed by atoms with E-state index in [0.29, 0.717) is 19.3 Å². The van der Waals surface area contributed by atoms with Crippen LogP contribution < -0.4 is 0 Å². The number of carbonyl (C=O) groups excluding carboxylic acids is 3. The summed E-state index contributed by atoms with van der Waals surface area (Å²) in [7, 11) is 0. The monoisotopic (exact) mass is 843 g/mol. The Labute approximate surface area is 372 Å². The summed E-state index contributed by atoms with van der Waals surface area (Å²) in [5.41, 5.74) is 0. The van der Waals surface area contributed by atoms with Crippen molar-refractivity contribution in [3.63, 3.8) is 0 Å². The molecule has 0 heterocycles. The zero-order valence-corrected chi connectivity index (χ0v) is 40.0. The number of unbranched alkanes of at least 4 members (excludes halogenated alkanes) is 30. The van der Waals surface area contributed by atoms with E-state index >= 15 is 0 Å². The van der Waals surface area contributed by atoms with Crippen molar-refractivity contribution in [2.75, 3.05) is 13.2 Å². The Bertz CT molecular complexity index is 1020. The van der Waals surface area contributed by atoms with Crippen molar-refractivity contribution in [2.24, 2.45) is 0 Å². The van der Waals surface area contributed by atoms with Gasteiger partial charge in [0.2, 0.25) is 0 Å². The molecule has 0 bridgehead atoms. The maximum absolute atomic E-state index is 12.7. The average molecular weight is 843 g/mol. The molecule has 0 saturated carbocycles. The number of allylic oxidation sites excluding steroid dienone is 6. The number of ether oxygens (including phenoxy) is 3. The minimum absolute atomic E-state index is 0.0748. The molecule has 6 nitrogen and oxygen atoms in total. The van der Waals surface area contributed by atoms with E-state index in [4.69, 9.17) is 14.2 Å². The number of rotatable bonds is 47. The van der Waals surface area contributed by atoms with Gasteiger partial charge in [-0.15, -0.1) is 0 Å². The van der Waals surface area contributed by atoms with E-state index in [1.165, 1.54) is 161 Å². The molecule has 0 radical (unpaired) electrons. The van der Waals surface area contributed by atoms with Crippen LogP contribution in [0.25, 0.3) is 0 Å². The number of hydrogen-bond acceptors (Lipinski definition) is 6. The van der Waals surface area contributed by atoms with Gasteiger partial charge in [0.25, 0.3) is 0 Å². The lowest BCUT2D eigenvalue weighted by Gasteiger charge is -2.18. The Morgan fingerprint density at radius 1 is 0.333 bits per heavy atom. The van der Waals surface area contributed by atoms with E-state index in [-0.39, 0.29) is 31.1 Å². The van der Waals surface area contributed by atoms with Crippen molar-refractivity contribution in [3.8, 4) is 0 Å². The molecule has 0 spiro atoms. The Morgan fingerprint density at radius 2 is 0.600 bits per heavy atom. The van der Waals surface area contributed by atoms with E-state index in [0.717, 1.165) is 70.6 Å². The molecular formula is C54H98O6. The van der Waals surface area contributed by atoms with E-state index in [9.17, 15) is 14.4 Å². The zero-order chi connectivity index (χ0) is 43.7. The molecule has 0 amide bonds. The summed E-state index contributed by atoms with van der Waals surface area (Å²) < 4.78 is 16.7. The molecule has 0 fully saturated rings. The second-order valence-corrected chi connectivity index (χ2v) is 17.4. The van der Waals surface area contributed by atoms with Gasteiger partial charge in [-0.2, -0.15) is 0 Å². The fourth-order valence-corrected chi connectivity index (χ4v) is 7.41. The molecule has 1 unspecified atom stereocenters. The molecule has 0 aromatic carbocycles. The maximum Gasteiger partial charge on any atom is 0.306 e. The minimum Gasteiger partial charge on any atom is -0.462 e. The fraction of sp³-hybridized carbons (Fsp3) is 0.833. The van der Waals surface area contributed by atoms with E-state index in [2.05, 4.69) is 57.2 Å². The summed E-state index contributed by atoms with van der Waals surface area (Å²) >= 11 is 0. The lowest BCUT2D eigenvalue weighted by atomic mass is 10.1. The second-order valence-electron chi connectivity index (χ2n) is 17.4. The molecule has 0 aliphatic rings. The Kier molecular flexibility index (Phi) is 47.3. The summed E-state index contributed by atoms with van der Waals surface area (Å²) in [5, 5.41) is 0. The number of hydrogen-bond donors (Lipinski definition) is 0. The third-order valence-corrected chi connectivity index (χ3v) is 11.4. The standard InChI is InChI=1S/C54H98O6/c1-4-7-10-13-16-19-21-23-24-25-26-27-28-29-30-32-33-35-38-41-44-47-53(56)59-50-51(49-58-52(55)46-43-40-37-18-15-12-9-6-3)60-54(57)48-45-42-39-36-34-31-22-20-17-14-11-8-5-2/h20-23,25-26,51H,4-19,24,27-50H2,1-3H3/b22-20-,23-21-,26-25-. The van der Waals surface area contributed by atoms with Crippen LogP contribution in [0.15, 0.2) is 36.5 Å². The van der Waals surface area contributed by atoms with Crippen molar-refractivity contribution in [2.45, 2.75) is 277 Å². The van der Waals surface area contributed by atoms with Crippen molar-refractivity contribution in [3.05, 3.63) is 36.5 Å². The van der Waals surface area contributed by atoms with Crippen molar-refractivity contribution in [1.82, 2.24) is 0 Å². The number of carbonyl (C=O) groups is 3. The van der Waals surface area contributed by atoms with Crippen molar-refractivity contribution >= 4 is 17.9 Å². The third-order valence-electron chi connectivity index (χ3n) is 11.4. The maximum atomic E-state index is 12.7. The van der Waals surface area contributed by atoms with Gasteiger partial charge in [-0.3, -0.25) is 14.4 Å². The van der Waals surface area contributed by atoms with Crippen LogP contribution >= 0.6 is 0 Å². The molecule has 0 aliphatic carbocycles. The summed E-state index contributed by atoms with van der Waals surface area (Å²) in [5.74, 6) is -0.884. The summed E-state index contributed by atoms with van der Waals surface area (Å²) in [6, 6.07) is 0. The fourth-order valence-electron chi connectivity index (χ4n) is 7.41. The van der Waals surface area contributed by atoms with Gasteiger partial charge < -0.3 is 14.2 Å². The predicted octanol–water partition coefficient (Wildman–Crippen LogP) is 16.9. The highest BCUT2D eigenvalue weighted by Crippen LogP contribution is 2.15. The van der Waals surface area contributed by atoms with E-state index < -0.39 is 6.10 Å². The molecule has 0 aromatic rings. The first-order valence-corrected chi connectivity index (χ1v) is 26.0. The summed E-state index contributed by atoms with van der Waals surface area (Å²) in [6.07, 6.45) is 57.1. The molecule has 1 atom stereocenters. The van der Waals surface area contributed by atoms with E-state index in [1.807, 2.05) is 0 Å². The van der Waals surface area contributed by atoms with Crippen molar-refractivity contribution in [1.29, 1.82) is 0 Å². The van der Waals surface area contributed by atoms with Crippen LogP contribution in [-0.2, 0) is 28.6 Å². The molecule has 0 N–H and O–H groups in total. The van der Waals surface area contributed by atoms with Crippen LogP contribution in [0, 0.1) is 0 Å². The van der Waals surface area contributed by atoms with Crippen LogP contribution in [0.2, 0.25) is 0 Å². The highest BCUT2D eigenvalue weighted by atomic mass is 16.6. The first-order chi connectivity index (χ1) is 29.5. The normalized spacial score (nSPS) is 12.2. The van der Waals surface area contributed by atoms with Crippen LogP contribution in [-0.4, -0.2) is 37.2 Å². The Balaban J connectivity index is 4.23.